The molecule has 130 valence electrons. The summed E-state index contributed by atoms with van der Waals surface area (Å²) in [5.41, 5.74) is 1.11. The van der Waals surface area contributed by atoms with Crippen LogP contribution < -0.4 is 5.32 Å². The first kappa shape index (κ1) is 16.5. The van der Waals surface area contributed by atoms with Crippen LogP contribution in [0.1, 0.15) is 40.0 Å². The number of H-pyrrole nitrogens is 1. The number of pyridine rings is 1. The Labute approximate surface area is 141 Å². The monoisotopic (exact) mass is 331 g/mol. The second-order valence-electron chi connectivity index (χ2n) is 7.16. The third-order valence-corrected chi connectivity index (χ3v) is 4.02. The molecule has 0 aliphatic carbocycles. The van der Waals surface area contributed by atoms with Gasteiger partial charge in [0.25, 0.3) is 0 Å². The number of likely N-dealkylation sites (tertiary alicyclic amines) is 1. The molecule has 1 atom stereocenters. The number of piperidine rings is 1. The molecular formula is C17H25N5O2. The second kappa shape index (κ2) is 6.67. The molecular weight excluding hydrogens is 306 g/mol. The van der Waals surface area contributed by atoms with E-state index in [2.05, 4.69) is 20.3 Å². The van der Waals surface area contributed by atoms with Crippen molar-refractivity contribution in [2.24, 2.45) is 0 Å². The van der Waals surface area contributed by atoms with Gasteiger partial charge in [-0.05, 0) is 52.2 Å². The number of anilines is 1. The van der Waals surface area contributed by atoms with Gasteiger partial charge >= 0.3 is 6.09 Å². The lowest BCUT2D eigenvalue weighted by molar-refractivity contribution is 0.0114. The van der Waals surface area contributed by atoms with E-state index < -0.39 is 5.60 Å². The van der Waals surface area contributed by atoms with E-state index in [4.69, 9.17) is 4.74 Å². The summed E-state index contributed by atoms with van der Waals surface area (Å²) in [6.45, 7) is 7.05. The summed E-state index contributed by atoms with van der Waals surface area (Å²) in [6.07, 6.45) is 4.58. The molecule has 0 bridgehead atoms. The summed E-state index contributed by atoms with van der Waals surface area (Å²) in [5, 5.41) is 3.30. The number of carbonyl (C=O) groups excluding carboxylic acids is 1. The van der Waals surface area contributed by atoms with Gasteiger partial charge in [0, 0.05) is 19.3 Å². The number of nitrogens with zero attached hydrogens (tertiary/aromatic N) is 3. The van der Waals surface area contributed by atoms with Crippen molar-refractivity contribution in [3.63, 3.8) is 0 Å². The molecule has 0 saturated carbocycles. The van der Waals surface area contributed by atoms with E-state index in [1.165, 1.54) is 0 Å². The molecule has 1 aliphatic heterocycles. The Morgan fingerprint density at radius 1 is 1.46 bits per heavy atom. The lowest BCUT2D eigenvalue weighted by Gasteiger charge is -2.36. The quantitative estimate of drug-likeness (QED) is 0.902. The minimum atomic E-state index is -0.475. The molecule has 24 heavy (non-hydrogen) atoms. The van der Waals surface area contributed by atoms with E-state index in [0.29, 0.717) is 18.1 Å². The third-order valence-electron chi connectivity index (χ3n) is 4.02. The molecule has 1 saturated heterocycles. The zero-order valence-electron chi connectivity index (χ0n) is 14.5. The lowest BCUT2D eigenvalue weighted by Crippen LogP contribution is -2.48. The zero-order valence-corrected chi connectivity index (χ0v) is 14.5. The van der Waals surface area contributed by atoms with Gasteiger partial charge in [-0.3, -0.25) is 0 Å². The summed E-state index contributed by atoms with van der Waals surface area (Å²) >= 11 is 0. The summed E-state index contributed by atoms with van der Waals surface area (Å²) < 4.78 is 5.53. The smallest absolute Gasteiger partial charge is 0.410 e. The molecule has 0 radical (unpaired) electrons. The van der Waals surface area contributed by atoms with E-state index in [1.54, 1.807) is 6.20 Å². The summed E-state index contributed by atoms with van der Waals surface area (Å²) in [7, 11) is 0. The highest BCUT2D eigenvalue weighted by atomic mass is 16.6. The van der Waals surface area contributed by atoms with Crippen LogP contribution in [0, 0.1) is 0 Å². The average Bonchev–Trinajstić information content (AvgIpc) is 2.94. The van der Waals surface area contributed by atoms with Crippen LogP contribution in [0.4, 0.5) is 10.7 Å². The van der Waals surface area contributed by atoms with Crippen molar-refractivity contribution in [2.75, 3.05) is 18.4 Å². The maximum absolute atomic E-state index is 12.4. The number of carbonyl (C=O) groups is 1. The zero-order chi connectivity index (χ0) is 17.2. The van der Waals surface area contributed by atoms with Crippen molar-refractivity contribution in [1.29, 1.82) is 0 Å². The number of imidazole rings is 1. The van der Waals surface area contributed by atoms with E-state index in [0.717, 1.165) is 31.3 Å². The van der Waals surface area contributed by atoms with Gasteiger partial charge in [0.15, 0.2) is 5.65 Å². The number of hydrogen-bond donors (Lipinski definition) is 2. The van der Waals surface area contributed by atoms with E-state index >= 15 is 0 Å². The molecule has 1 aliphatic rings. The van der Waals surface area contributed by atoms with Crippen LogP contribution in [0.3, 0.4) is 0 Å². The maximum atomic E-state index is 12.4. The fourth-order valence-corrected chi connectivity index (χ4v) is 2.92. The van der Waals surface area contributed by atoms with Crippen LogP contribution in [0.2, 0.25) is 0 Å². The molecule has 2 aromatic heterocycles. The summed E-state index contributed by atoms with van der Waals surface area (Å²) in [4.78, 5) is 26.1. The van der Waals surface area contributed by atoms with Crippen molar-refractivity contribution >= 4 is 23.2 Å². The Hall–Kier alpha value is -2.31. The normalized spacial score (nSPS) is 18.6. The van der Waals surface area contributed by atoms with Crippen molar-refractivity contribution in [2.45, 2.75) is 51.7 Å². The minimum absolute atomic E-state index is 0.106. The third kappa shape index (κ3) is 3.96. The number of aromatic nitrogens is 3. The molecule has 7 nitrogen and oxygen atoms in total. The predicted molar refractivity (Wildman–Crippen MR) is 93.0 cm³/mol. The van der Waals surface area contributed by atoms with Gasteiger partial charge in [-0.25, -0.2) is 9.78 Å². The topological polar surface area (TPSA) is 83.1 Å². The number of aromatic amines is 1. The SMILES string of the molecule is CC(C)(C)OC(=O)N1CCCC[C@@H]1CNc1nc2ncccc2[nH]1. The molecule has 3 rings (SSSR count). The molecule has 3 heterocycles. The van der Waals surface area contributed by atoms with E-state index in [9.17, 15) is 4.79 Å². The first-order valence-corrected chi connectivity index (χ1v) is 8.46. The standard InChI is InChI=1S/C17H25N5O2/c1-17(2,3)24-16(23)22-10-5-4-7-12(22)11-19-15-20-13-8-6-9-18-14(13)21-15/h6,8-9,12H,4-5,7,10-11H2,1-3H3,(H2,18,19,20,21)/t12-/m1/s1. The molecule has 2 aromatic rings. The Bertz CT molecular complexity index is 673. The Balaban J connectivity index is 1.64. The molecule has 7 heteroatoms. The molecule has 1 amide bonds. The van der Waals surface area contributed by atoms with Gasteiger partial charge in [-0.1, -0.05) is 0 Å². The van der Waals surface area contributed by atoms with Crippen LogP contribution in [0.25, 0.3) is 11.2 Å². The number of fused-ring (bicyclic) bond motifs is 1. The lowest BCUT2D eigenvalue weighted by atomic mass is 10.0. The largest absolute Gasteiger partial charge is 0.444 e. The molecule has 0 spiro atoms. The van der Waals surface area contributed by atoms with E-state index in [1.807, 2.05) is 37.8 Å². The summed E-state index contributed by atoms with van der Waals surface area (Å²) in [6, 6.07) is 3.92. The Morgan fingerprint density at radius 2 is 2.29 bits per heavy atom. The molecule has 1 fully saturated rings. The number of hydrogen-bond acceptors (Lipinski definition) is 5. The predicted octanol–water partition coefficient (Wildman–Crippen LogP) is 3.16. The highest BCUT2D eigenvalue weighted by molar-refractivity contribution is 5.73. The number of amides is 1. The van der Waals surface area contributed by atoms with Crippen LogP contribution in [0.15, 0.2) is 18.3 Å². The number of rotatable bonds is 3. The fourth-order valence-electron chi connectivity index (χ4n) is 2.92. The van der Waals surface area contributed by atoms with Gasteiger partial charge in [0.1, 0.15) is 5.60 Å². The molecule has 2 N–H and O–H groups in total. The van der Waals surface area contributed by atoms with Crippen LogP contribution in [-0.2, 0) is 4.74 Å². The fraction of sp³-hybridized carbons (Fsp3) is 0.588. The van der Waals surface area contributed by atoms with Crippen LogP contribution in [0.5, 0.6) is 0 Å². The van der Waals surface area contributed by atoms with Crippen LogP contribution in [-0.4, -0.2) is 50.7 Å². The maximum Gasteiger partial charge on any atom is 0.410 e. The van der Waals surface area contributed by atoms with E-state index in [-0.39, 0.29) is 12.1 Å². The first-order valence-electron chi connectivity index (χ1n) is 8.46. The number of nitrogens with one attached hydrogen (secondary N) is 2. The second-order valence-corrected chi connectivity index (χ2v) is 7.16. The van der Waals surface area contributed by atoms with Crippen LogP contribution >= 0.6 is 0 Å². The number of ether oxygens (including phenoxy) is 1. The molecule has 0 aromatic carbocycles. The van der Waals surface area contributed by atoms with Crippen molar-refractivity contribution in [3.05, 3.63) is 18.3 Å². The van der Waals surface area contributed by atoms with Gasteiger partial charge < -0.3 is 19.9 Å². The highest BCUT2D eigenvalue weighted by Gasteiger charge is 2.30. The highest BCUT2D eigenvalue weighted by Crippen LogP contribution is 2.21. The van der Waals surface area contributed by atoms with Crippen molar-refractivity contribution < 1.29 is 9.53 Å². The first-order chi connectivity index (χ1) is 11.4. The summed E-state index contributed by atoms with van der Waals surface area (Å²) in [5.74, 6) is 0.679. The van der Waals surface area contributed by atoms with Crippen molar-refractivity contribution in [1.82, 2.24) is 19.9 Å². The average molecular weight is 331 g/mol. The van der Waals surface area contributed by atoms with Crippen molar-refractivity contribution in [3.8, 4) is 0 Å². The Morgan fingerprint density at radius 3 is 3.04 bits per heavy atom. The van der Waals surface area contributed by atoms with Gasteiger partial charge in [-0.2, -0.15) is 4.98 Å². The molecule has 0 unspecified atom stereocenters. The van der Waals surface area contributed by atoms with Gasteiger partial charge in [-0.15, -0.1) is 0 Å². The van der Waals surface area contributed by atoms with Gasteiger partial charge in [0.05, 0.1) is 11.6 Å². The Kier molecular flexibility index (Phi) is 4.59. The minimum Gasteiger partial charge on any atom is -0.444 e. The van der Waals surface area contributed by atoms with Gasteiger partial charge in [0.2, 0.25) is 5.95 Å².